The molecule has 0 spiro atoms. The molecule has 5 heteroatoms. The molecule has 2 nitrogen and oxygen atoms in total. The van der Waals surface area contributed by atoms with Crippen molar-refractivity contribution < 1.29 is 13.2 Å². The number of aryl methyl sites for hydroxylation is 1. The second-order valence-electron chi connectivity index (χ2n) is 4.24. The predicted octanol–water partition coefficient (Wildman–Crippen LogP) is 4.33. The Morgan fingerprint density at radius 2 is 2.11 bits per heavy atom. The van der Waals surface area contributed by atoms with Crippen molar-refractivity contribution in [2.75, 3.05) is 6.54 Å². The van der Waals surface area contributed by atoms with Gasteiger partial charge >= 0.3 is 0 Å². The van der Waals surface area contributed by atoms with Gasteiger partial charge in [0, 0.05) is 11.1 Å². The fraction of sp³-hybridized carbons (Fsp3) is 0.286. The summed E-state index contributed by atoms with van der Waals surface area (Å²) < 4.78 is 33.6. The van der Waals surface area contributed by atoms with Gasteiger partial charge in [-0.1, -0.05) is 6.92 Å². The fourth-order valence-electron chi connectivity index (χ4n) is 2.01. The lowest BCUT2D eigenvalue weighted by molar-refractivity contribution is 0.498. The summed E-state index contributed by atoms with van der Waals surface area (Å²) in [5.74, 6) is -0.468. The van der Waals surface area contributed by atoms with E-state index in [-0.39, 0.29) is 10.0 Å². The van der Waals surface area contributed by atoms with Crippen LogP contribution in [0.4, 0.5) is 8.78 Å². The summed E-state index contributed by atoms with van der Waals surface area (Å²) in [6.45, 7) is 4.26. The van der Waals surface area contributed by atoms with Crippen LogP contribution in [-0.2, 0) is 0 Å². The van der Waals surface area contributed by atoms with Crippen LogP contribution >= 0.6 is 15.9 Å². The highest BCUT2D eigenvalue weighted by Crippen LogP contribution is 2.31. The zero-order chi connectivity index (χ0) is 14.0. The summed E-state index contributed by atoms with van der Waals surface area (Å²) in [4.78, 5) is 0. The molecule has 0 bridgehead atoms. The van der Waals surface area contributed by atoms with E-state index in [1.807, 2.05) is 6.92 Å². The SMILES string of the molecule is CCNC(c1coc(C)c1)c1c(F)ccc(Br)c1F. The standard InChI is InChI=1S/C14H14BrF2NO/c1-3-18-14(9-6-8(2)19-7-9)12-11(16)5-4-10(15)13(12)17/h4-7,14,18H,3H2,1-2H3. The Morgan fingerprint density at radius 3 is 2.68 bits per heavy atom. The number of furan rings is 1. The van der Waals surface area contributed by atoms with Crippen LogP contribution in [0.3, 0.4) is 0 Å². The number of hydrogen-bond donors (Lipinski definition) is 1. The number of hydrogen-bond acceptors (Lipinski definition) is 2. The fourth-order valence-corrected chi connectivity index (χ4v) is 2.36. The summed E-state index contributed by atoms with van der Waals surface area (Å²) in [5, 5.41) is 3.08. The first kappa shape index (κ1) is 14.2. The van der Waals surface area contributed by atoms with E-state index in [9.17, 15) is 8.78 Å². The molecule has 102 valence electrons. The van der Waals surface area contributed by atoms with Gasteiger partial charge in [-0.15, -0.1) is 0 Å². The van der Waals surface area contributed by atoms with E-state index in [0.29, 0.717) is 17.9 Å². The highest BCUT2D eigenvalue weighted by atomic mass is 79.9. The van der Waals surface area contributed by atoms with Crippen molar-refractivity contribution in [2.45, 2.75) is 19.9 Å². The summed E-state index contributed by atoms with van der Waals surface area (Å²) in [7, 11) is 0. The number of benzene rings is 1. The van der Waals surface area contributed by atoms with Gasteiger partial charge in [0.05, 0.1) is 16.8 Å². The van der Waals surface area contributed by atoms with E-state index in [4.69, 9.17) is 4.42 Å². The average Bonchev–Trinajstić information content (AvgIpc) is 2.80. The van der Waals surface area contributed by atoms with Crippen molar-refractivity contribution >= 4 is 15.9 Å². The second kappa shape index (κ2) is 5.84. The molecule has 1 aromatic heterocycles. The molecule has 0 fully saturated rings. The van der Waals surface area contributed by atoms with Gasteiger partial charge in [0.2, 0.25) is 0 Å². The van der Waals surface area contributed by atoms with E-state index < -0.39 is 17.7 Å². The van der Waals surface area contributed by atoms with Gasteiger partial charge in [0.25, 0.3) is 0 Å². The van der Waals surface area contributed by atoms with Crippen molar-refractivity contribution in [3.63, 3.8) is 0 Å². The normalized spacial score (nSPS) is 12.7. The lowest BCUT2D eigenvalue weighted by Gasteiger charge is -2.18. The van der Waals surface area contributed by atoms with E-state index >= 15 is 0 Å². The van der Waals surface area contributed by atoms with Crippen LogP contribution in [-0.4, -0.2) is 6.54 Å². The zero-order valence-corrected chi connectivity index (χ0v) is 12.2. The molecule has 19 heavy (non-hydrogen) atoms. The van der Waals surface area contributed by atoms with E-state index in [0.717, 1.165) is 0 Å². The molecule has 1 unspecified atom stereocenters. The van der Waals surface area contributed by atoms with Crippen molar-refractivity contribution in [3.05, 3.63) is 57.5 Å². The summed E-state index contributed by atoms with van der Waals surface area (Å²) >= 11 is 3.08. The molecule has 0 aliphatic rings. The maximum absolute atomic E-state index is 14.2. The quantitative estimate of drug-likeness (QED) is 0.844. The Kier molecular flexibility index (Phi) is 4.37. The van der Waals surface area contributed by atoms with Crippen molar-refractivity contribution in [2.24, 2.45) is 0 Å². The molecule has 0 radical (unpaired) electrons. The Labute approximate surface area is 118 Å². The molecule has 1 N–H and O–H groups in total. The largest absolute Gasteiger partial charge is 0.469 e. The number of rotatable bonds is 4. The van der Waals surface area contributed by atoms with Crippen LogP contribution in [0.2, 0.25) is 0 Å². The van der Waals surface area contributed by atoms with Crippen LogP contribution in [0.15, 0.2) is 33.4 Å². The first-order valence-corrected chi connectivity index (χ1v) is 6.75. The van der Waals surface area contributed by atoms with Gasteiger partial charge in [-0.05, 0) is 47.6 Å². The first-order chi connectivity index (χ1) is 9.04. The van der Waals surface area contributed by atoms with Gasteiger partial charge in [0.1, 0.15) is 17.4 Å². The number of halogens is 3. The molecular weight excluding hydrogens is 316 g/mol. The number of nitrogens with one attached hydrogen (secondary N) is 1. The average molecular weight is 330 g/mol. The molecule has 1 atom stereocenters. The van der Waals surface area contributed by atoms with Crippen LogP contribution in [0, 0.1) is 18.6 Å². The van der Waals surface area contributed by atoms with E-state index in [1.54, 1.807) is 13.0 Å². The summed E-state index contributed by atoms with van der Waals surface area (Å²) in [6, 6.07) is 3.81. The maximum atomic E-state index is 14.2. The Hall–Kier alpha value is -1.20. The third kappa shape index (κ3) is 2.87. The Bertz CT molecular complexity index is 583. The third-order valence-electron chi connectivity index (χ3n) is 2.86. The van der Waals surface area contributed by atoms with Crippen LogP contribution in [0.5, 0.6) is 0 Å². The summed E-state index contributed by atoms with van der Waals surface area (Å²) in [6.07, 6.45) is 1.52. The maximum Gasteiger partial charge on any atom is 0.145 e. The topological polar surface area (TPSA) is 25.2 Å². The van der Waals surface area contributed by atoms with Crippen molar-refractivity contribution in [3.8, 4) is 0 Å². The highest BCUT2D eigenvalue weighted by Gasteiger charge is 2.24. The molecule has 0 aliphatic heterocycles. The zero-order valence-electron chi connectivity index (χ0n) is 10.6. The van der Waals surface area contributed by atoms with E-state index in [2.05, 4.69) is 21.2 Å². The lowest BCUT2D eigenvalue weighted by atomic mass is 9.99. The minimum absolute atomic E-state index is 0.00275. The molecule has 0 aliphatic carbocycles. The molecule has 0 amide bonds. The second-order valence-corrected chi connectivity index (χ2v) is 5.09. The van der Waals surface area contributed by atoms with Gasteiger partial charge in [-0.2, -0.15) is 0 Å². The van der Waals surface area contributed by atoms with E-state index in [1.165, 1.54) is 18.4 Å². The predicted molar refractivity (Wildman–Crippen MR) is 73.0 cm³/mol. The highest BCUT2D eigenvalue weighted by molar-refractivity contribution is 9.10. The van der Waals surface area contributed by atoms with Crippen molar-refractivity contribution in [1.29, 1.82) is 0 Å². The van der Waals surface area contributed by atoms with Gasteiger partial charge in [-0.3, -0.25) is 0 Å². The molecule has 2 aromatic rings. The van der Waals surface area contributed by atoms with Gasteiger partial charge in [-0.25, -0.2) is 8.78 Å². The molecular formula is C14H14BrF2NO. The third-order valence-corrected chi connectivity index (χ3v) is 3.47. The smallest absolute Gasteiger partial charge is 0.145 e. The molecule has 1 aromatic carbocycles. The van der Waals surface area contributed by atoms with Crippen LogP contribution in [0.25, 0.3) is 0 Å². The Morgan fingerprint density at radius 1 is 1.37 bits per heavy atom. The summed E-state index contributed by atoms with van der Waals surface area (Å²) in [5.41, 5.74) is 0.701. The Balaban J connectivity index is 2.53. The lowest BCUT2D eigenvalue weighted by Crippen LogP contribution is -2.24. The van der Waals surface area contributed by atoms with Crippen LogP contribution < -0.4 is 5.32 Å². The van der Waals surface area contributed by atoms with Crippen LogP contribution in [0.1, 0.15) is 29.9 Å². The van der Waals surface area contributed by atoms with Gasteiger partial charge in [0.15, 0.2) is 0 Å². The molecule has 1 heterocycles. The molecule has 2 rings (SSSR count). The van der Waals surface area contributed by atoms with Gasteiger partial charge < -0.3 is 9.73 Å². The van der Waals surface area contributed by atoms with Crippen molar-refractivity contribution in [1.82, 2.24) is 5.32 Å². The first-order valence-electron chi connectivity index (χ1n) is 5.96. The monoisotopic (exact) mass is 329 g/mol. The molecule has 0 saturated carbocycles. The minimum atomic E-state index is -0.593. The molecule has 0 saturated heterocycles. The minimum Gasteiger partial charge on any atom is -0.469 e.